The van der Waals surface area contributed by atoms with Gasteiger partial charge in [0, 0.05) is 30.6 Å². The van der Waals surface area contributed by atoms with Crippen molar-refractivity contribution in [1.29, 1.82) is 5.26 Å². The Hall–Kier alpha value is -1.71. The molecule has 2 atom stereocenters. The van der Waals surface area contributed by atoms with Crippen molar-refractivity contribution in [2.24, 2.45) is 0 Å². The van der Waals surface area contributed by atoms with Crippen LogP contribution in [-0.4, -0.2) is 47.6 Å². The number of carbonyl (C=O) groups excluding carboxylic acids is 1. The monoisotopic (exact) mass is 302 g/mol. The van der Waals surface area contributed by atoms with Crippen molar-refractivity contribution >= 4 is 23.4 Å². The summed E-state index contributed by atoms with van der Waals surface area (Å²) < 4.78 is 0. The zero-order chi connectivity index (χ0) is 14.7. The van der Waals surface area contributed by atoms with Gasteiger partial charge in [-0.25, -0.2) is 0 Å². The Morgan fingerprint density at radius 1 is 1.43 bits per heavy atom. The van der Waals surface area contributed by atoms with Crippen molar-refractivity contribution < 1.29 is 4.79 Å². The van der Waals surface area contributed by atoms with Crippen LogP contribution in [-0.2, 0) is 4.79 Å². The molecule has 0 aromatic heterocycles. The zero-order valence-corrected chi connectivity index (χ0v) is 12.5. The van der Waals surface area contributed by atoms with E-state index in [-0.39, 0.29) is 18.0 Å². The van der Waals surface area contributed by atoms with Crippen LogP contribution in [0.25, 0.3) is 0 Å². The molecule has 0 saturated carbocycles. The molecule has 0 bridgehead atoms. The molecule has 6 heteroatoms. The average Bonchev–Trinajstić information content (AvgIpc) is 3.19. The third-order valence-electron chi connectivity index (χ3n) is 3.88. The van der Waals surface area contributed by atoms with Crippen LogP contribution in [0.2, 0.25) is 0 Å². The minimum Gasteiger partial charge on any atom is -0.381 e. The third kappa shape index (κ3) is 3.31. The van der Waals surface area contributed by atoms with Gasteiger partial charge in [-0.05, 0) is 30.7 Å². The van der Waals surface area contributed by atoms with Gasteiger partial charge < -0.3 is 15.5 Å². The van der Waals surface area contributed by atoms with Gasteiger partial charge in [-0.3, -0.25) is 4.79 Å². The Morgan fingerprint density at radius 3 is 2.90 bits per heavy atom. The van der Waals surface area contributed by atoms with E-state index in [1.54, 1.807) is 12.1 Å². The molecule has 2 aliphatic heterocycles. The Bertz CT molecular complexity index is 548. The summed E-state index contributed by atoms with van der Waals surface area (Å²) in [5.74, 6) is 2.10. The van der Waals surface area contributed by atoms with E-state index >= 15 is 0 Å². The molecule has 1 amide bonds. The molecule has 5 nitrogen and oxygen atoms in total. The number of rotatable bonds is 3. The van der Waals surface area contributed by atoms with E-state index in [1.807, 2.05) is 28.8 Å². The normalized spacial score (nSPS) is 24.8. The summed E-state index contributed by atoms with van der Waals surface area (Å²) in [6.07, 6.45) is 0.806. The topological polar surface area (TPSA) is 68.2 Å². The van der Waals surface area contributed by atoms with Crippen LogP contribution in [0.5, 0.6) is 0 Å². The fourth-order valence-corrected chi connectivity index (χ4v) is 3.67. The first kappa shape index (κ1) is 14.2. The van der Waals surface area contributed by atoms with Crippen molar-refractivity contribution in [3.63, 3.8) is 0 Å². The molecular formula is C15H18N4OS. The summed E-state index contributed by atoms with van der Waals surface area (Å²) in [6, 6.07) is 9.71. The van der Waals surface area contributed by atoms with E-state index in [2.05, 4.69) is 16.7 Å². The van der Waals surface area contributed by atoms with Crippen molar-refractivity contribution in [3.05, 3.63) is 29.8 Å². The van der Waals surface area contributed by atoms with Gasteiger partial charge >= 0.3 is 0 Å². The van der Waals surface area contributed by atoms with Gasteiger partial charge in [-0.15, -0.1) is 11.8 Å². The van der Waals surface area contributed by atoms with Crippen LogP contribution < -0.4 is 10.6 Å². The lowest BCUT2D eigenvalue weighted by atomic mass is 10.1. The first-order chi connectivity index (χ1) is 10.3. The van der Waals surface area contributed by atoms with Crippen LogP contribution in [0.3, 0.4) is 0 Å². The van der Waals surface area contributed by atoms with Crippen molar-refractivity contribution in [3.8, 4) is 6.07 Å². The Kier molecular flexibility index (Phi) is 4.32. The SMILES string of the molecule is N#Cc1ccc(N[C@@H]2CN[C@H](C(=O)N3CCSC3)C2)cc1. The molecule has 0 aliphatic carbocycles. The van der Waals surface area contributed by atoms with E-state index in [9.17, 15) is 4.79 Å². The first-order valence-electron chi connectivity index (χ1n) is 7.13. The molecule has 1 aromatic carbocycles. The van der Waals surface area contributed by atoms with Gasteiger partial charge in [-0.1, -0.05) is 0 Å². The number of carbonyl (C=O) groups is 1. The highest BCUT2D eigenvalue weighted by molar-refractivity contribution is 7.99. The van der Waals surface area contributed by atoms with Gasteiger partial charge in [0.1, 0.15) is 0 Å². The Labute approximate surface area is 128 Å². The largest absolute Gasteiger partial charge is 0.381 e. The molecule has 110 valence electrons. The zero-order valence-electron chi connectivity index (χ0n) is 11.7. The van der Waals surface area contributed by atoms with E-state index in [1.165, 1.54) is 0 Å². The predicted octanol–water partition coefficient (Wildman–Crippen LogP) is 1.23. The second-order valence-corrected chi connectivity index (χ2v) is 6.44. The molecule has 21 heavy (non-hydrogen) atoms. The molecule has 3 rings (SSSR count). The number of thioether (sulfide) groups is 1. The highest BCUT2D eigenvalue weighted by atomic mass is 32.2. The van der Waals surface area contributed by atoms with Gasteiger partial charge in [0.2, 0.25) is 5.91 Å². The lowest BCUT2D eigenvalue weighted by Crippen LogP contribution is -2.42. The fraction of sp³-hybridized carbons (Fsp3) is 0.467. The number of nitriles is 1. The molecule has 2 aliphatic rings. The smallest absolute Gasteiger partial charge is 0.240 e. The van der Waals surface area contributed by atoms with E-state index < -0.39 is 0 Å². The summed E-state index contributed by atoms with van der Waals surface area (Å²) in [7, 11) is 0. The summed E-state index contributed by atoms with van der Waals surface area (Å²) in [5.41, 5.74) is 1.65. The van der Waals surface area contributed by atoms with E-state index in [0.717, 1.165) is 36.8 Å². The quantitative estimate of drug-likeness (QED) is 0.879. The van der Waals surface area contributed by atoms with Gasteiger partial charge in [0.25, 0.3) is 0 Å². The number of benzene rings is 1. The van der Waals surface area contributed by atoms with Crippen molar-refractivity contribution in [2.45, 2.75) is 18.5 Å². The average molecular weight is 302 g/mol. The number of hydrogen-bond acceptors (Lipinski definition) is 5. The number of nitrogens with zero attached hydrogens (tertiary/aromatic N) is 2. The number of nitrogens with one attached hydrogen (secondary N) is 2. The Morgan fingerprint density at radius 2 is 2.24 bits per heavy atom. The van der Waals surface area contributed by atoms with Gasteiger partial charge in [0.15, 0.2) is 0 Å². The first-order valence-corrected chi connectivity index (χ1v) is 8.28. The lowest BCUT2D eigenvalue weighted by molar-refractivity contribution is -0.131. The molecule has 0 spiro atoms. The summed E-state index contributed by atoms with van der Waals surface area (Å²) in [6.45, 7) is 1.66. The van der Waals surface area contributed by atoms with Crippen LogP contribution in [0.15, 0.2) is 24.3 Å². The fourth-order valence-electron chi connectivity index (χ4n) is 2.72. The maximum atomic E-state index is 12.3. The molecule has 2 N–H and O–H groups in total. The van der Waals surface area contributed by atoms with E-state index in [0.29, 0.717) is 5.56 Å². The second kappa shape index (κ2) is 6.37. The van der Waals surface area contributed by atoms with Crippen molar-refractivity contribution in [1.82, 2.24) is 10.2 Å². The molecule has 1 aromatic rings. The maximum absolute atomic E-state index is 12.3. The summed E-state index contributed by atoms with van der Waals surface area (Å²) in [5, 5.41) is 15.5. The van der Waals surface area contributed by atoms with Crippen LogP contribution in [0.1, 0.15) is 12.0 Å². The second-order valence-electron chi connectivity index (χ2n) is 5.37. The molecule has 0 unspecified atom stereocenters. The predicted molar refractivity (Wildman–Crippen MR) is 84.0 cm³/mol. The van der Waals surface area contributed by atoms with Crippen LogP contribution in [0.4, 0.5) is 5.69 Å². The van der Waals surface area contributed by atoms with Gasteiger partial charge in [0.05, 0.1) is 23.6 Å². The Balaban J connectivity index is 1.54. The van der Waals surface area contributed by atoms with Crippen LogP contribution >= 0.6 is 11.8 Å². The highest BCUT2D eigenvalue weighted by Crippen LogP contribution is 2.19. The minimum atomic E-state index is -0.0698. The number of hydrogen-bond donors (Lipinski definition) is 2. The van der Waals surface area contributed by atoms with Gasteiger partial charge in [-0.2, -0.15) is 5.26 Å². The summed E-state index contributed by atoms with van der Waals surface area (Å²) >= 11 is 1.81. The molecule has 2 fully saturated rings. The van der Waals surface area contributed by atoms with Crippen molar-refractivity contribution in [2.75, 3.05) is 30.0 Å². The van der Waals surface area contributed by atoms with Crippen LogP contribution in [0, 0.1) is 11.3 Å². The maximum Gasteiger partial charge on any atom is 0.240 e. The molecular weight excluding hydrogens is 284 g/mol. The number of anilines is 1. The molecule has 0 radical (unpaired) electrons. The molecule has 2 saturated heterocycles. The minimum absolute atomic E-state index is 0.0698. The number of amides is 1. The lowest BCUT2D eigenvalue weighted by Gasteiger charge is -2.19. The third-order valence-corrected chi connectivity index (χ3v) is 4.84. The standard InChI is InChI=1S/C15H18N4OS/c16-8-11-1-3-12(4-2-11)18-13-7-14(17-9-13)15(20)19-5-6-21-10-19/h1-4,13-14,17-18H,5-7,9-10H2/t13-,14-/m0/s1. The highest BCUT2D eigenvalue weighted by Gasteiger charge is 2.33. The summed E-state index contributed by atoms with van der Waals surface area (Å²) in [4.78, 5) is 14.3. The van der Waals surface area contributed by atoms with E-state index in [4.69, 9.17) is 5.26 Å². The molecule has 2 heterocycles.